The Kier molecular flexibility index (Phi) is 3.53. The third kappa shape index (κ3) is 2.88. The lowest BCUT2D eigenvalue weighted by molar-refractivity contribution is 0.102. The third-order valence-electron chi connectivity index (χ3n) is 3.82. The lowest BCUT2D eigenvalue weighted by Crippen LogP contribution is -2.12. The van der Waals surface area contributed by atoms with E-state index in [2.05, 4.69) is 20.4 Å². The molecule has 0 saturated heterocycles. The van der Waals surface area contributed by atoms with Crippen LogP contribution in [-0.2, 0) is 0 Å². The quantitative estimate of drug-likeness (QED) is 0.801. The Morgan fingerprint density at radius 2 is 1.92 bits per heavy atom. The number of hydrogen-bond acceptors (Lipinski definition) is 4. The van der Waals surface area contributed by atoms with Crippen LogP contribution in [0.25, 0.3) is 5.69 Å². The van der Waals surface area contributed by atoms with E-state index in [0.717, 1.165) is 18.7 Å². The van der Waals surface area contributed by atoms with Crippen molar-refractivity contribution < 1.29 is 9.18 Å². The second-order valence-electron chi connectivity index (χ2n) is 5.68. The second-order valence-corrected chi connectivity index (χ2v) is 5.68. The molecule has 1 aliphatic carbocycles. The molecule has 0 radical (unpaired) electrons. The van der Waals surface area contributed by atoms with Crippen molar-refractivity contribution in [2.24, 2.45) is 0 Å². The zero-order valence-electron chi connectivity index (χ0n) is 12.7. The standard InChI is InChI=1S/C17H14FN5O/c18-14-3-1-2-4-15(14)23-10-12(7-21-23)17(24)22-13-8-19-16(20-9-13)11-5-6-11/h1-4,7-11H,5-6H2,(H,22,24). The van der Waals surface area contributed by atoms with Crippen LogP contribution in [0, 0.1) is 5.82 Å². The molecule has 1 saturated carbocycles. The largest absolute Gasteiger partial charge is 0.319 e. The van der Waals surface area contributed by atoms with Crippen LogP contribution in [0.2, 0.25) is 0 Å². The third-order valence-corrected chi connectivity index (χ3v) is 3.82. The van der Waals surface area contributed by atoms with Crippen LogP contribution >= 0.6 is 0 Å². The van der Waals surface area contributed by atoms with Gasteiger partial charge in [0.05, 0.1) is 29.8 Å². The summed E-state index contributed by atoms with van der Waals surface area (Å²) in [6, 6.07) is 6.24. The summed E-state index contributed by atoms with van der Waals surface area (Å²) in [6.07, 6.45) is 8.32. The average molecular weight is 323 g/mol. The van der Waals surface area contributed by atoms with Gasteiger partial charge in [0.25, 0.3) is 5.91 Å². The van der Waals surface area contributed by atoms with Gasteiger partial charge in [-0.15, -0.1) is 0 Å². The lowest BCUT2D eigenvalue weighted by Gasteiger charge is -2.04. The van der Waals surface area contributed by atoms with Crippen LogP contribution in [-0.4, -0.2) is 25.7 Å². The van der Waals surface area contributed by atoms with Gasteiger partial charge in [0, 0.05) is 12.1 Å². The molecule has 0 aliphatic heterocycles. The van der Waals surface area contributed by atoms with Crippen LogP contribution in [0.3, 0.4) is 0 Å². The Morgan fingerprint density at radius 1 is 1.17 bits per heavy atom. The molecule has 1 aliphatic rings. The van der Waals surface area contributed by atoms with Gasteiger partial charge >= 0.3 is 0 Å². The Morgan fingerprint density at radius 3 is 2.62 bits per heavy atom. The Bertz CT molecular complexity index is 886. The topological polar surface area (TPSA) is 72.7 Å². The summed E-state index contributed by atoms with van der Waals surface area (Å²) in [5.74, 6) is 0.533. The zero-order chi connectivity index (χ0) is 16.5. The van der Waals surface area contributed by atoms with Gasteiger partial charge in [0.1, 0.15) is 17.3 Å². The van der Waals surface area contributed by atoms with Crippen molar-refractivity contribution in [3.63, 3.8) is 0 Å². The molecule has 7 heteroatoms. The summed E-state index contributed by atoms with van der Waals surface area (Å²) in [5, 5.41) is 6.75. The fourth-order valence-electron chi connectivity index (χ4n) is 2.37. The van der Waals surface area contributed by atoms with E-state index in [9.17, 15) is 9.18 Å². The molecule has 0 spiro atoms. The molecule has 2 aromatic heterocycles. The van der Waals surface area contributed by atoms with Gasteiger partial charge < -0.3 is 5.32 Å². The van der Waals surface area contributed by atoms with Crippen molar-refractivity contribution in [2.45, 2.75) is 18.8 Å². The maximum absolute atomic E-state index is 13.8. The number of halogens is 1. The van der Waals surface area contributed by atoms with E-state index in [4.69, 9.17) is 0 Å². The Balaban J connectivity index is 1.49. The van der Waals surface area contributed by atoms with Gasteiger partial charge in [0.2, 0.25) is 0 Å². The smallest absolute Gasteiger partial charge is 0.258 e. The first-order chi connectivity index (χ1) is 11.7. The number of aromatic nitrogens is 4. The summed E-state index contributed by atoms with van der Waals surface area (Å²) in [6.45, 7) is 0. The molecular weight excluding hydrogens is 309 g/mol. The maximum atomic E-state index is 13.8. The van der Waals surface area contributed by atoms with Crippen molar-refractivity contribution in [1.82, 2.24) is 19.7 Å². The number of nitrogens with one attached hydrogen (secondary N) is 1. The number of para-hydroxylation sites is 1. The minimum atomic E-state index is -0.406. The van der Waals surface area contributed by atoms with E-state index >= 15 is 0 Å². The number of carbonyl (C=O) groups excluding carboxylic acids is 1. The fourth-order valence-corrected chi connectivity index (χ4v) is 2.37. The summed E-state index contributed by atoms with van der Waals surface area (Å²) in [5.41, 5.74) is 1.13. The molecule has 120 valence electrons. The highest BCUT2D eigenvalue weighted by Gasteiger charge is 2.26. The van der Waals surface area contributed by atoms with Crippen LogP contribution in [0.1, 0.15) is 34.9 Å². The van der Waals surface area contributed by atoms with Crippen molar-refractivity contribution in [3.05, 3.63) is 66.3 Å². The van der Waals surface area contributed by atoms with Crippen molar-refractivity contribution in [1.29, 1.82) is 0 Å². The van der Waals surface area contributed by atoms with E-state index in [0.29, 0.717) is 17.2 Å². The SMILES string of the molecule is O=C(Nc1cnc(C2CC2)nc1)c1cnn(-c2ccccc2F)c1. The number of rotatable bonds is 4. The van der Waals surface area contributed by atoms with E-state index in [1.54, 1.807) is 30.6 Å². The second kappa shape index (κ2) is 5.84. The molecule has 0 atom stereocenters. The van der Waals surface area contributed by atoms with Crippen LogP contribution in [0.4, 0.5) is 10.1 Å². The highest BCUT2D eigenvalue weighted by Crippen LogP contribution is 2.37. The number of benzene rings is 1. The van der Waals surface area contributed by atoms with Crippen LogP contribution < -0.4 is 5.32 Å². The molecule has 3 aromatic rings. The van der Waals surface area contributed by atoms with Gasteiger partial charge in [0.15, 0.2) is 0 Å². The molecule has 6 nitrogen and oxygen atoms in total. The van der Waals surface area contributed by atoms with E-state index in [1.807, 2.05) is 0 Å². The maximum Gasteiger partial charge on any atom is 0.258 e. The number of amides is 1. The summed E-state index contributed by atoms with van der Waals surface area (Å²) in [7, 11) is 0. The van der Waals surface area contributed by atoms with Gasteiger partial charge in [-0.2, -0.15) is 5.10 Å². The number of anilines is 1. The van der Waals surface area contributed by atoms with Crippen LogP contribution in [0.15, 0.2) is 49.1 Å². The predicted octanol–water partition coefficient (Wildman–Crippen LogP) is 2.93. The highest BCUT2D eigenvalue weighted by atomic mass is 19.1. The number of carbonyl (C=O) groups is 1. The van der Waals surface area contributed by atoms with Crippen molar-refractivity contribution >= 4 is 11.6 Å². The monoisotopic (exact) mass is 323 g/mol. The number of hydrogen-bond donors (Lipinski definition) is 1. The molecule has 1 aromatic carbocycles. The zero-order valence-corrected chi connectivity index (χ0v) is 12.7. The van der Waals surface area contributed by atoms with E-state index in [1.165, 1.54) is 23.1 Å². The summed E-state index contributed by atoms with van der Waals surface area (Å²) >= 11 is 0. The Labute approximate surface area is 137 Å². The molecule has 0 unspecified atom stereocenters. The van der Waals surface area contributed by atoms with Crippen LogP contribution in [0.5, 0.6) is 0 Å². The fraction of sp³-hybridized carbons (Fsp3) is 0.176. The average Bonchev–Trinajstić information content (AvgIpc) is 3.33. The summed E-state index contributed by atoms with van der Waals surface area (Å²) in [4.78, 5) is 20.8. The minimum absolute atomic E-state index is 0.286. The normalized spacial score (nSPS) is 13.7. The van der Waals surface area contributed by atoms with Crippen molar-refractivity contribution in [2.75, 3.05) is 5.32 Å². The minimum Gasteiger partial charge on any atom is -0.319 e. The number of nitrogens with zero attached hydrogens (tertiary/aromatic N) is 4. The van der Waals surface area contributed by atoms with E-state index < -0.39 is 5.82 Å². The van der Waals surface area contributed by atoms with Gasteiger partial charge in [-0.3, -0.25) is 4.79 Å². The highest BCUT2D eigenvalue weighted by molar-refractivity contribution is 6.03. The molecule has 24 heavy (non-hydrogen) atoms. The molecule has 1 amide bonds. The molecule has 2 heterocycles. The van der Waals surface area contributed by atoms with E-state index in [-0.39, 0.29) is 11.6 Å². The molecule has 1 N–H and O–H groups in total. The van der Waals surface area contributed by atoms with Gasteiger partial charge in [-0.25, -0.2) is 19.0 Å². The Hall–Kier alpha value is -3.09. The van der Waals surface area contributed by atoms with Gasteiger partial charge in [-0.1, -0.05) is 12.1 Å². The molecule has 0 bridgehead atoms. The molecule has 1 fully saturated rings. The van der Waals surface area contributed by atoms with Crippen molar-refractivity contribution in [3.8, 4) is 5.69 Å². The lowest BCUT2D eigenvalue weighted by atomic mass is 10.3. The first kappa shape index (κ1) is 14.5. The predicted molar refractivity (Wildman–Crippen MR) is 85.5 cm³/mol. The first-order valence-electron chi connectivity index (χ1n) is 7.63. The van der Waals surface area contributed by atoms with Gasteiger partial charge in [-0.05, 0) is 25.0 Å². The summed E-state index contributed by atoms with van der Waals surface area (Å²) < 4.78 is 15.1. The molecular formula is C17H14FN5O. The molecule has 4 rings (SSSR count). The first-order valence-corrected chi connectivity index (χ1v) is 7.63.